The normalized spacial score (nSPS) is 40.7. The van der Waals surface area contributed by atoms with E-state index in [1.165, 1.54) is 38.5 Å². The Morgan fingerprint density at radius 3 is 2.32 bits per heavy atom. The second-order valence-electron chi connectivity index (χ2n) is 10.9. The lowest BCUT2D eigenvalue weighted by molar-refractivity contribution is -0.292. The van der Waals surface area contributed by atoms with Crippen LogP contribution in [-0.4, -0.2) is 18.5 Å². The van der Waals surface area contributed by atoms with E-state index in [1.54, 1.807) is 0 Å². The summed E-state index contributed by atoms with van der Waals surface area (Å²) in [6, 6.07) is 2.51. The summed E-state index contributed by atoms with van der Waals surface area (Å²) in [5.74, 6) is 2.28. The number of unbranched alkanes of at least 4 members (excludes halogenated alkanes) is 1. The maximum atomic E-state index is 9.46. The molecule has 0 aromatic heterocycles. The van der Waals surface area contributed by atoms with Crippen LogP contribution in [0.5, 0.6) is 0 Å². The maximum Gasteiger partial charge on any atom is 0.155 e. The quantitative estimate of drug-likeness (QED) is 0.308. The Morgan fingerprint density at radius 2 is 1.79 bits per heavy atom. The van der Waals surface area contributed by atoms with Gasteiger partial charge in [0.2, 0.25) is 0 Å². The van der Waals surface area contributed by atoms with Gasteiger partial charge in [0.15, 0.2) is 6.29 Å². The zero-order valence-electron chi connectivity index (χ0n) is 19.2. The summed E-state index contributed by atoms with van der Waals surface area (Å²) < 4.78 is 12.7. The Kier molecular flexibility index (Phi) is 6.53. The zero-order valence-corrected chi connectivity index (χ0v) is 19.2. The van der Waals surface area contributed by atoms with E-state index in [2.05, 4.69) is 47.6 Å². The summed E-state index contributed by atoms with van der Waals surface area (Å²) in [5.41, 5.74) is 0.627. The van der Waals surface area contributed by atoms with E-state index in [9.17, 15) is 5.26 Å². The Hall–Kier alpha value is -0.590. The summed E-state index contributed by atoms with van der Waals surface area (Å²) >= 11 is 0. The van der Waals surface area contributed by atoms with Gasteiger partial charge >= 0.3 is 0 Å². The molecule has 0 aromatic rings. The second-order valence-corrected chi connectivity index (χ2v) is 10.9. The molecule has 4 bridgehead atoms. The van der Waals surface area contributed by atoms with Crippen molar-refractivity contribution in [1.82, 2.24) is 0 Å². The van der Waals surface area contributed by atoms with Gasteiger partial charge in [0, 0.05) is 12.5 Å². The fourth-order valence-corrected chi connectivity index (χ4v) is 7.36. The summed E-state index contributed by atoms with van der Waals surface area (Å²) in [6.07, 6.45) is 11.0. The van der Waals surface area contributed by atoms with Crippen molar-refractivity contribution >= 4 is 0 Å². The molecule has 0 radical (unpaired) electrons. The van der Waals surface area contributed by atoms with E-state index < -0.39 is 0 Å². The Morgan fingerprint density at radius 1 is 1.14 bits per heavy atom. The molecular weight excluding hydrogens is 346 g/mol. The zero-order chi connectivity index (χ0) is 20.6. The molecule has 3 nitrogen and oxygen atoms in total. The van der Waals surface area contributed by atoms with Crippen molar-refractivity contribution in [3.63, 3.8) is 0 Å². The van der Waals surface area contributed by atoms with E-state index in [-0.39, 0.29) is 23.2 Å². The number of rotatable bonds is 10. The molecule has 0 N–H and O–H groups in total. The van der Waals surface area contributed by atoms with Crippen LogP contribution in [0.15, 0.2) is 0 Å². The summed E-state index contributed by atoms with van der Waals surface area (Å²) in [4.78, 5) is 0. The van der Waals surface area contributed by atoms with Crippen LogP contribution in [0.1, 0.15) is 99.3 Å². The minimum absolute atomic E-state index is 0.0401. The highest BCUT2D eigenvalue weighted by atomic mass is 16.7. The van der Waals surface area contributed by atoms with E-state index in [0.29, 0.717) is 17.3 Å². The van der Waals surface area contributed by atoms with Crippen LogP contribution in [0.25, 0.3) is 0 Å². The van der Waals surface area contributed by atoms with Crippen LogP contribution in [0, 0.1) is 45.8 Å². The van der Waals surface area contributed by atoms with Gasteiger partial charge in [-0.05, 0) is 94.3 Å². The van der Waals surface area contributed by atoms with Gasteiger partial charge in [-0.15, -0.1) is 0 Å². The van der Waals surface area contributed by atoms with Crippen LogP contribution in [-0.2, 0) is 9.47 Å². The predicted molar refractivity (Wildman–Crippen MR) is 114 cm³/mol. The first-order valence-corrected chi connectivity index (χ1v) is 11.9. The van der Waals surface area contributed by atoms with Gasteiger partial charge in [0.1, 0.15) is 0 Å². The average Bonchev–Trinajstić information content (AvgIpc) is 2.65. The van der Waals surface area contributed by atoms with Crippen LogP contribution < -0.4 is 0 Å². The molecule has 4 saturated carbocycles. The fourth-order valence-electron chi connectivity index (χ4n) is 7.36. The Balaban J connectivity index is 1.77. The van der Waals surface area contributed by atoms with Crippen molar-refractivity contribution in [3.8, 4) is 6.07 Å². The lowest BCUT2D eigenvalue weighted by Gasteiger charge is -2.68. The Bertz CT molecular complexity index is 566. The molecule has 4 aliphatic carbocycles. The van der Waals surface area contributed by atoms with Gasteiger partial charge in [-0.2, -0.15) is 5.26 Å². The summed E-state index contributed by atoms with van der Waals surface area (Å²) in [5, 5.41) is 9.46. The van der Waals surface area contributed by atoms with Crippen molar-refractivity contribution in [1.29, 1.82) is 5.26 Å². The molecular formula is C25H43NO2. The van der Waals surface area contributed by atoms with E-state index in [1.807, 2.05) is 0 Å². The third kappa shape index (κ3) is 3.77. The summed E-state index contributed by atoms with van der Waals surface area (Å²) in [7, 11) is 0. The minimum Gasteiger partial charge on any atom is -0.353 e. The SMILES string of the molecule is CCCCOC(C)OC1(C)C2CC3CC1CC(C(C)(CC)CC(C)C#N)(C3)C2. The number of nitrogens with zero attached hydrogens (tertiary/aromatic N) is 1. The van der Waals surface area contributed by atoms with Crippen LogP contribution in [0.3, 0.4) is 0 Å². The molecule has 5 unspecified atom stereocenters. The topological polar surface area (TPSA) is 42.2 Å². The lowest BCUT2D eigenvalue weighted by Crippen LogP contribution is -2.64. The first-order valence-electron chi connectivity index (χ1n) is 11.9. The highest BCUT2D eigenvalue weighted by Crippen LogP contribution is 2.70. The number of ether oxygens (including phenoxy) is 2. The Labute approximate surface area is 173 Å². The van der Waals surface area contributed by atoms with Crippen molar-refractivity contribution < 1.29 is 9.47 Å². The smallest absolute Gasteiger partial charge is 0.155 e. The first kappa shape index (κ1) is 22.1. The average molecular weight is 390 g/mol. The number of nitriles is 1. The van der Waals surface area contributed by atoms with Crippen LogP contribution in [0.4, 0.5) is 0 Å². The van der Waals surface area contributed by atoms with Gasteiger partial charge < -0.3 is 9.47 Å². The molecule has 0 heterocycles. The molecule has 0 saturated heterocycles. The first-order chi connectivity index (χ1) is 13.2. The molecule has 0 aliphatic heterocycles. The summed E-state index contributed by atoms with van der Waals surface area (Å²) in [6.45, 7) is 14.4. The van der Waals surface area contributed by atoms with E-state index in [0.717, 1.165) is 31.8 Å². The van der Waals surface area contributed by atoms with Gasteiger partial charge in [-0.3, -0.25) is 0 Å². The lowest BCUT2D eigenvalue weighted by atomic mass is 9.38. The van der Waals surface area contributed by atoms with Crippen molar-refractivity contribution in [2.45, 2.75) is 111 Å². The molecule has 5 atom stereocenters. The largest absolute Gasteiger partial charge is 0.353 e. The molecule has 160 valence electrons. The van der Waals surface area contributed by atoms with E-state index in [4.69, 9.17) is 9.47 Å². The predicted octanol–water partition coefficient (Wildman–Crippen LogP) is 6.72. The molecule has 3 heteroatoms. The van der Waals surface area contributed by atoms with Gasteiger partial charge in [0.05, 0.1) is 11.7 Å². The molecule has 0 amide bonds. The highest BCUT2D eigenvalue weighted by molar-refractivity contribution is 5.15. The maximum absolute atomic E-state index is 9.46. The van der Waals surface area contributed by atoms with Crippen molar-refractivity contribution in [2.24, 2.45) is 34.5 Å². The van der Waals surface area contributed by atoms with Crippen LogP contribution >= 0.6 is 0 Å². The molecule has 4 fully saturated rings. The van der Waals surface area contributed by atoms with Gasteiger partial charge in [-0.1, -0.05) is 33.6 Å². The molecule has 4 rings (SSSR count). The molecule has 4 aliphatic rings. The third-order valence-corrected chi connectivity index (χ3v) is 9.12. The molecule has 0 spiro atoms. The number of hydrogen-bond acceptors (Lipinski definition) is 3. The fraction of sp³-hybridized carbons (Fsp3) is 0.960. The monoisotopic (exact) mass is 389 g/mol. The highest BCUT2D eigenvalue weighted by Gasteiger charge is 2.65. The van der Waals surface area contributed by atoms with Gasteiger partial charge in [-0.25, -0.2) is 0 Å². The van der Waals surface area contributed by atoms with Crippen LogP contribution in [0.2, 0.25) is 0 Å². The third-order valence-electron chi connectivity index (χ3n) is 9.12. The second kappa shape index (κ2) is 8.27. The van der Waals surface area contributed by atoms with E-state index >= 15 is 0 Å². The molecule has 0 aromatic carbocycles. The van der Waals surface area contributed by atoms with Crippen molar-refractivity contribution in [2.75, 3.05) is 6.61 Å². The minimum atomic E-state index is -0.110. The standard InChI is InChI=1S/C25H43NO2/c1-7-9-10-27-19(4)28-24(6)21-11-20-12-22(24)16-25(14-20,15-21)23(5,8-2)13-18(3)17-26/h18-22H,7-16H2,1-6H3. The van der Waals surface area contributed by atoms with Gasteiger partial charge in [0.25, 0.3) is 0 Å². The molecule has 28 heavy (non-hydrogen) atoms. The number of hydrogen-bond donors (Lipinski definition) is 0. The van der Waals surface area contributed by atoms with Crippen molar-refractivity contribution in [3.05, 3.63) is 0 Å².